The van der Waals surface area contributed by atoms with Crippen molar-refractivity contribution in [3.63, 3.8) is 0 Å². The Morgan fingerprint density at radius 1 is 1.30 bits per heavy atom. The number of piperidine rings is 2. The van der Waals surface area contributed by atoms with Gasteiger partial charge in [-0.1, -0.05) is 6.92 Å². The van der Waals surface area contributed by atoms with Gasteiger partial charge in [-0.15, -0.1) is 24.8 Å². The number of hydrogen-bond acceptors (Lipinski definition) is 3. The smallest absolute Gasteiger partial charge is 0.240 e. The summed E-state index contributed by atoms with van der Waals surface area (Å²) in [5, 5.41) is 6.63. The lowest BCUT2D eigenvalue weighted by atomic mass is 9.89. The molecule has 0 bridgehead atoms. The van der Waals surface area contributed by atoms with E-state index in [9.17, 15) is 4.79 Å². The molecule has 2 heterocycles. The molecule has 120 valence electrons. The number of nitrogens with zero attached hydrogens (tertiary/aromatic N) is 1. The zero-order valence-corrected chi connectivity index (χ0v) is 14.2. The summed E-state index contributed by atoms with van der Waals surface area (Å²) in [4.78, 5) is 14.8. The number of carbonyl (C=O) groups excluding carboxylic acids is 1. The summed E-state index contributed by atoms with van der Waals surface area (Å²) >= 11 is 0. The lowest BCUT2D eigenvalue weighted by Crippen LogP contribution is -2.59. The maximum atomic E-state index is 12.4. The van der Waals surface area contributed by atoms with Crippen LogP contribution >= 0.6 is 24.8 Å². The lowest BCUT2D eigenvalue weighted by molar-refractivity contribution is -0.129. The molecular weight excluding hydrogens is 297 g/mol. The van der Waals surface area contributed by atoms with Crippen LogP contribution in [0.3, 0.4) is 0 Å². The van der Waals surface area contributed by atoms with Gasteiger partial charge in [-0.2, -0.15) is 0 Å². The number of likely N-dealkylation sites (tertiary alicyclic amines) is 1. The molecular formula is C14H29Cl2N3O. The Hall–Kier alpha value is -0.0300. The topological polar surface area (TPSA) is 44.4 Å². The van der Waals surface area contributed by atoms with E-state index in [4.69, 9.17) is 0 Å². The first-order valence-corrected chi connectivity index (χ1v) is 7.42. The van der Waals surface area contributed by atoms with Gasteiger partial charge in [0.2, 0.25) is 5.91 Å². The van der Waals surface area contributed by atoms with Crippen LogP contribution in [-0.4, -0.2) is 48.6 Å². The molecule has 0 aliphatic carbocycles. The normalized spacial score (nSPS) is 28.1. The monoisotopic (exact) mass is 325 g/mol. The van der Waals surface area contributed by atoms with Crippen molar-refractivity contribution in [3.8, 4) is 0 Å². The van der Waals surface area contributed by atoms with Gasteiger partial charge in [0.1, 0.15) is 0 Å². The van der Waals surface area contributed by atoms with E-state index < -0.39 is 0 Å². The zero-order chi connectivity index (χ0) is 13.0. The third-order valence-corrected chi connectivity index (χ3v) is 4.49. The number of hydrogen-bond donors (Lipinski definition) is 2. The van der Waals surface area contributed by atoms with Gasteiger partial charge in [0.05, 0.1) is 5.54 Å². The van der Waals surface area contributed by atoms with Gasteiger partial charge >= 0.3 is 0 Å². The third-order valence-electron chi connectivity index (χ3n) is 4.49. The molecule has 0 saturated carbocycles. The third kappa shape index (κ3) is 5.06. The Morgan fingerprint density at radius 2 is 1.95 bits per heavy atom. The summed E-state index contributed by atoms with van der Waals surface area (Å²) in [7, 11) is 0. The molecule has 2 aliphatic rings. The van der Waals surface area contributed by atoms with Crippen LogP contribution in [0.25, 0.3) is 0 Å². The molecule has 2 aliphatic heterocycles. The van der Waals surface area contributed by atoms with Gasteiger partial charge in [-0.3, -0.25) is 4.79 Å². The predicted octanol–water partition coefficient (Wildman–Crippen LogP) is 1.96. The highest BCUT2D eigenvalue weighted by Gasteiger charge is 2.35. The molecule has 0 spiro atoms. The molecule has 0 aromatic heterocycles. The van der Waals surface area contributed by atoms with Crippen LogP contribution in [0.5, 0.6) is 0 Å². The highest BCUT2D eigenvalue weighted by Crippen LogP contribution is 2.20. The fourth-order valence-corrected chi connectivity index (χ4v) is 2.99. The molecule has 20 heavy (non-hydrogen) atoms. The quantitative estimate of drug-likeness (QED) is 0.833. The van der Waals surface area contributed by atoms with Crippen molar-refractivity contribution in [3.05, 3.63) is 0 Å². The van der Waals surface area contributed by atoms with Crippen LogP contribution in [0, 0.1) is 0 Å². The fraction of sp³-hybridized carbons (Fsp3) is 0.929. The highest BCUT2D eigenvalue weighted by atomic mass is 35.5. The average Bonchev–Trinajstić information content (AvgIpc) is 2.40. The van der Waals surface area contributed by atoms with Gasteiger partial charge in [-0.25, -0.2) is 0 Å². The number of rotatable bonds is 3. The second-order valence-corrected chi connectivity index (χ2v) is 5.90. The molecule has 6 heteroatoms. The van der Waals surface area contributed by atoms with E-state index in [1.807, 2.05) is 6.92 Å². The molecule has 0 radical (unpaired) electrons. The Balaban J connectivity index is 0.00000180. The Bertz CT molecular complexity index is 288. The SMILES string of the molecule is CCN1CCC(NC(=O)C2(C)CCCCN2)CC1.Cl.Cl. The molecule has 1 unspecified atom stereocenters. The maximum Gasteiger partial charge on any atom is 0.240 e. The summed E-state index contributed by atoms with van der Waals surface area (Å²) in [5.41, 5.74) is -0.333. The molecule has 2 saturated heterocycles. The van der Waals surface area contributed by atoms with Gasteiger partial charge in [0, 0.05) is 19.1 Å². The van der Waals surface area contributed by atoms with Crippen molar-refractivity contribution in [2.24, 2.45) is 0 Å². The summed E-state index contributed by atoms with van der Waals surface area (Å²) in [5.74, 6) is 0.206. The first kappa shape index (κ1) is 20.0. The van der Waals surface area contributed by atoms with Crippen LogP contribution in [0.15, 0.2) is 0 Å². The zero-order valence-electron chi connectivity index (χ0n) is 12.6. The molecule has 0 aromatic rings. The largest absolute Gasteiger partial charge is 0.352 e. The van der Waals surface area contributed by atoms with Crippen molar-refractivity contribution >= 4 is 30.7 Å². The van der Waals surface area contributed by atoms with E-state index in [1.165, 1.54) is 6.42 Å². The first-order chi connectivity index (χ1) is 8.64. The molecule has 2 rings (SSSR count). The second-order valence-electron chi connectivity index (χ2n) is 5.90. The van der Waals surface area contributed by atoms with Gasteiger partial charge in [0.15, 0.2) is 0 Å². The minimum Gasteiger partial charge on any atom is -0.352 e. The van der Waals surface area contributed by atoms with Crippen molar-refractivity contribution in [1.29, 1.82) is 0 Å². The van der Waals surface area contributed by atoms with Crippen LogP contribution < -0.4 is 10.6 Å². The number of halogens is 2. The number of carbonyl (C=O) groups is 1. The Morgan fingerprint density at radius 3 is 2.45 bits per heavy atom. The summed E-state index contributed by atoms with van der Waals surface area (Å²) in [6.45, 7) is 8.57. The predicted molar refractivity (Wildman–Crippen MR) is 88.0 cm³/mol. The van der Waals surface area contributed by atoms with Gasteiger partial charge in [0.25, 0.3) is 0 Å². The Labute approximate surface area is 135 Å². The van der Waals surface area contributed by atoms with Gasteiger partial charge < -0.3 is 15.5 Å². The minimum absolute atomic E-state index is 0. The van der Waals surface area contributed by atoms with E-state index in [-0.39, 0.29) is 36.3 Å². The second kappa shape index (κ2) is 9.08. The molecule has 2 fully saturated rings. The summed E-state index contributed by atoms with van der Waals surface area (Å²) in [6.07, 6.45) is 5.50. The van der Waals surface area contributed by atoms with Crippen LogP contribution in [0.2, 0.25) is 0 Å². The highest BCUT2D eigenvalue weighted by molar-refractivity contribution is 5.86. The standard InChI is InChI=1S/C14H27N3O.2ClH/c1-3-17-10-6-12(7-11-17)16-13(18)14(2)8-4-5-9-15-14;;/h12,15H,3-11H2,1-2H3,(H,16,18);2*1H. The van der Waals surface area contributed by atoms with E-state index in [2.05, 4.69) is 22.5 Å². The van der Waals surface area contributed by atoms with Crippen molar-refractivity contribution in [2.45, 2.75) is 57.5 Å². The fourth-order valence-electron chi connectivity index (χ4n) is 2.99. The van der Waals surface area contributed by atoms with E-state index >= 15 is 0 Å². The Kier molecular flexibility index (Phi) is 9.07. The van der Waals surface area contributed by atoms with Crippen molar-refractivity contribution in [1.82, 2.24) is 15.5 Å². The van der Waals surface area contributed by atoms with Crippen LogP contribution in [-0.2, 0) is 4.79 Å². The number of nitrogens with one attached hydrogen (secondary N) is 2. The maximum absolute atomic E-state index is 12.4. The van der Waals surface area contributed by atoms with Crippen molar-refractivity contribution in [2.75, 3.05) is 26.2 Å². The van der Waals surface area contributed by atoms with E-state index in [1.54, 1.807) is 0 Å². The summed E-state index contributed by atoms with van der Waals surface area (Å²) < 4.78 is 0. The van der Waals surface area contributed by atoms with E-state index in [0.29, 0.717) is 6.04 Å². The minimum atomic E-state index is -0.333. The summed E-state index contributed by atoms with van der Waals surface area (Å²) in [6, 6.07) is 0.376. The molecule has 2 N–H and O–H groups in total. The molecule has 0 aromatic carbocycles. The molecule has 1 atom stereocenters. The van der Waals surface area contributed by atoms with Crippen molar-refractivity contribution < 1.29 is 4.79 Å². The molecule has 1 amide bonds. The number of amides is 1. The van der Waals surface area contributed by atoms with Crippen LogP contribution in [0.4, 0.5) is 0 Å². The molecule has 4 nitrogen and oxygen atoms in total. The average molecular weight is 326 g/mol. The van der Waals surface area contributed by atoms with Gasteiger partial charge in [-0.05, 0) is 52.1 Å². The van der Waals surface area contributed by atoms with E-state index in [0.717, 1.165) is 51.9 Å². The van der Waals surface area contributed by atoms with Crippen LogP contribution in [0.1, 0.15) is 46.0 Å². The first-order valence-electron chi connectivity index (χ1n) is 7.42. The lowest BCUT2D eigenvalue weighted by Gasteiger charge is -2.37.